The van der Waals surface area contributed by atoms with Gasteiger partial charge >= 0.3 is 0 Å². The van der Waals surface area contributed by atoms with E-state index in [2.05, 4.69) is 10.1 Å². The van der Waals surface area contributed by atoms with Gasteiger partial charge in [-0.3, -0.25) is 14.0 Å². The molecule has 0 spiro atoms. The highest BCUT2D eigenvalue weighted by atomic mass is 127. The van der Waals surface area contributed by atoms with Gasteiger partial charge in [-0.15, -0.1) is 0 Å². The van der Waals surface area contributed by atoms with Crippen molar-refractivity contribution in [3.05, 3.63) is 43.9 Å². The first-order chi connectivity index (χ1) is 8.11. The van der Waals surface area contributed by atoms with Gasteiger partial charge in [0.2, 0.25) is 0 Å². The summed E-state index contributed by atoms with van der Waals surface area (Å²) < 4.78 is 4.12. The molecule has 0 saturated carbocycles. The first-order valence-corrected chi connectivity index (χ1v) is 6.42. The van der Waals surface area contributed by atoms with Gasteiger partial charge in [-0.05, 0) is 36.4 Å². The minimum Gasteiger partial charge on any atom is -0.294 e. The number of nitrogens with zero attached hydrogens (tertiary/aromatic N) is 4. The van der Waals surface area contributed by atoms with Crippen molar-refractivity contribution in [2.45, 2.75) is 26.9 Å². The van der Waals surface area contributed by atoms with Crippen molar-refractivity contribution in [3.8, 4) is 0 Å². The van der Waals surface area contributed by atoms with Crippen LogP contribution < -0.4 is 5.56 Å². The monoisotopic (exact) mass is 344 g/mol. The van der Waals surface area contributed by atoms with Gasteiger partial charge in [0.1, 0.15) is 0 Å². The fraction of sp³-hybridized carbons (Fsp3) is 0.364. The molecule has 2 heterocycles. The topological polar surface area (TPSA) is 52.7 Å². The molecule has 0 atom stereocenters. The van der Waals surface area contributed by atoms with E-state index in [-0.39, 0.29) is 5.56 Å². The van der Waals surface area contributed by atoms with Crippen LogP contribution in [-0.2, 0) is 13.1 Å². The number of aromatic nitrogens is 4. The molecule has 2 aromatic rings. The van der Waals surface area contributed by atoms with Gasteiger partial charge in [0.05, 0.1) is 28.3 Å². The second kappa shape index (κ2) is 4.99. The minimum absolute atomic E-state index is 0.00217. The predicted molar refractivity (Wildman–Crippen MR) is 73.0 cm³/mol. The van der Waals surface area contributed by atoms with Gasteiger partial charge in [-0.1, -0.05) is 0 Å². The SMILES string of the molecule is CCn1cc(Cn2cnc(C)c(I)c2=O)cn1. The molecule has 0 aromatic carbocycles. The molecule has 0 unspecified atom stereocenters. The molecular formula is C11H13IN4O. The second-order valence-corrected chi connectivity index (χ2v) is 4.86. The number of aryl methyl sites for hydroxylation is 2. The zero-order valence-corrected chi connectivity index (χ0v) is 11.9. The lowest BCUT2D eigenvalue weighted by Gasteiger charge is -2.04. The maximum Gasteiger partial charge on any atom is 0.267 e. The van der Waals surface area contributed by atoms with E-state index in [4.69, 9.17) is 0 Å². The van der Waals surface area contributed by atoms with Gasteiger partial charge in [0, 0.05) is 18.3 Å². The largest absolute Gasteiger partial charge is 0.294 e. The van der Waals surface area contributed by atoms with Crippen molar-refractivity contribution < 1.29 is 0 Å². The summed E-state index contributed by atoms with van der Waals surface area (Å²) in [5, 5.41) is 4.18. The van der Waals surface area contributed by atoms with E-state index < -0.39 is 0 Å². The minimum atomic E-state index is 0.00217. The van der Waals surface area contributed by atoms with E-state index in [0.29, 0.717) is 10.1 Å². The summed E-state index contributed by atoms with van der Waals surface area (Å²) in [6.07, 6.45) is 5.31. The highest BCUT2D eigenvalue weighted by Crippen LogP contribution is 2.04. The zero-order valence-electron chi connectivity index (χ0n) is 9.72. The number of hydrogen-bond donors (Lipinski definition) is 0. The first kappa shape index (κ1) is 12.3. The van der Waals surface area contributed by atoms with Crippen molar-refractivity contribution in [3.63, 3.8) is 0 Å². The molecule has 0 radical (unpaired) electrons. The highest BCUT2D eigenvalue weighted by Gasteiger charge is 2.06. The molecular weight excluding hydrogens is 331 g/mol. The molecule has 90 valence electrons. The van der Waals surface area contributed by atoms with E-state index in [1.54, 1.807) is 17.1 Å². The Bertz CT molecular complexity index is 587. The molecule has 2 rings (SSSR count). The van der Waals surface area contributed by atoms with Crippen molar-refractivity contribution in [1.29, 1.82) is 0 Å². The van der Waals surface area contributed by atoms with Crippen LogP contribution in [0.5, 0.6) is 0 Å². The molecule has 0 aliphatic carbocycles. The average Bonchev–Trinajstić information content (AvgIpc) is 2.78. The summed E-state index contributed by atoms with van der Waals surface area (Å²) in [5.74, 6) is 0. The van der Waals surface area contributed by atoms with Crippen LogP contribution in [0.15, 0.2) is 23.5 Å². The Hall–Kier alpha value is -1.18. The standard InChI is InChI=1S/C11H13IN4O/c1-3-16-6-9(4-14-16)5-15-7-13-8(2)10(12)11(15)17/h4,6-7H,3,5H2,1-2H3. The Kier molecular flexibility index (Phi) is 3.60. The van der Waals surface area contributed by atoms with Crippen LogP contribution in [0.4, 0.5) is 0 Å². The van der Waals surface area contributed by atoms with Gasteiger partial charge in [-0.25, -0.2) is 4.98 Å². The molecule has 6 heteroatoms. The molecule has 0 amide bonds. The lowest BCUT2D eigenvalue weighted by atomic mass is 10.3. The second-order valence-electron chi connectivity index (χ2n) is 3.78. The predicted octanol–water partition coefficient (Wildman–Crippen LogP) is 1.42. The smallest absolute Gasteiger partial charge is 0.267 e. The van der Waals surface area contributed by atoms with Gasteiger partial charge in [-0.2, -0.15) is 5.10 Å². The normalized spacial score (nSPS) is 10.8. The fourth-order valence-electron chi connectivity index (χ4n) is 1.52. The number of halogens is 1. The third kappa shape index (κ3) is 2.56. The number of hydrogen-bond acceptors (Lipinski definition) is 3. The zero-order chi connectivity index (χ0) is 12.4. The Balaban J connectivity index is 2.30. The van der Waals surface area contributed by atoms with Crippen LogP contribution in [0.1, 0.15) is 18.2 Å². The first-order valence-electron chi connectivity index (χ1n) is 5.34. The van der Waals surface area contributed by atoms with Crippen LogP contribution in [0.2, 0.25) is 0 Å². The summed E-state index contributed by atoms with van der Waals surface area (Å²) in [6.45, 7) is 5.21. The Labute approximate surface area is 113 Å². The van der Waals surface area contributed by atoms with E-state index >= 15 is 0 Å². The van der Waals surface area contributed by atoms with Gasteiger partial charge in [0.15, 0.2) is 0 Å². The van der Waals surface area contributed by atoms with Crippen molar-refractivity contribution in [2.75, 3.05) is 0 Å². The van der Waals surface area contributed by atoms with Crippen LogP contribution in [0, 0.1) is 10.5 Å². The van der Waals surface area contributed by atoms with E-state index in [0.717, 1.165) is 17.8 Å². The Morgan fingerprint density at radius 1 is 1.47 bits per heavy atom. The van der Waals surface area contributed by atoms with Crippen molar-refractivity contribution in [1.82, 2.24) is 19.3 Å². The van der Waals surface area contributed by atoms with Gasteiger partial charge in [0.25, 0.3) is 5.56 Å². The van der Waals surface area contributed by atoms with Crippen LogP contribution >= 0.6 is 22.6 Å². The molecule has 0 N–H and O–H groups in total. The average molecular weight is 344 g/mol. The quantitative estimate of drug-likeness (QED) is 0.792. The van der Waals surface area contributed by atoms with Crippen LogP contribution in [-0.4, -0.2) is 19.3 Å². The molecule has 0 aliphatic rings. The third-order valence-corrected chi connectivity index (χ3v) is 3.76. The highest BCUT2D eigenvalue weighted by molar-refractivity contribution is 14.1. The summed E-state index contributed by atoms with van der Waals surface area (Å²) in [6, 6.07) is 0. The molecule has 17 heavy (non-hydrogen) atoms. The van der Waals surface area contributed by atoms with Crippen molar-refractivity contribution in [2.24, 2.45) is 0 Å². The summed E-state index contributed by atoms with van der Waals surface area (Å²) in [5.41, 5.74) is 1.79. The Morgan fingerprint density at radius 3 is 2.88 bits per heavy atom. The molecule has 2 aromatic heterocycles. The summed E-state index contributed by atoms with van der Waals surface area (Å²) in [7, 11) is 0. The van der Waals surface area contributed by atoms with E-state index in [9.17, 15) is 4.79 Å². The van der Waals surface area contributed by atoms with Crippen LogP contribution in [0.25, 0.3) is 0 Å². The molecule has 5 nitrogen and oxygen atoms in total. The molecule has 0 fully saturated rings. The lowest BCUT2D eigenvalue weighted by Crippen LogP contribution is -2.24. The molecule has 0 aliphatic heterocycles. The van der Waals surface area contributed by atoms with Crippen molar-refractivity contribution >= 4 is 22.6 Å². The maximum atomic E-state index is 12.0. The summed E-state index contributed by atoms with van der Waals surface area (Å²) in [4.78, 5) is 16.1. The fourth-order valence-corrected chi connectivity index (χ4v) is 1.97. The Morgan fingerprint density at radius 2 is 2.24 bits per heavy atom. The third-order valence-electron chi connectivity index (χ3n) is 2.52. The molecule has 0 bridgehead atoms. The summed E-state index contributed by atoms with van der Waals surface area (Å²) >= 11 is 2.03. The van der Waals surface area contributed by atoms with E-state index in [1.165, 1.54) is 0 Å². The van der Waals surface area contributed by atoms with E-state index in [1.807, 2.05) is 47.3 Å². The number of rotatable bonds is 3. The van der Waals surface area contributed by atoms with Crippen LogP contribution in [0.3, 0.4) is 0 Å². The maximum absolute atomic E-state index is 12.0. The van der Waals surface area contributed by atoms with Gasteiger partial charge < -0.3 is 0 Å². The molecule has 0 saturated heterocycles. The lowest BCUT2D eigenvalue weighted by molar-refractivity contribution is 0.657.